The molecule has 1 aromatic heterocycles. The summed E-state index contributed by atoms with van der Waals surface area (Å²) in [5.41, 5.74) is 1.39. The molecule has 3 rings (SSSR count). The quantitative estimate of drug-likeness (QED) is 0.782. The van der Waals surface area contributed by atoms with Crippen molar-refractivity contribution >= 4 is 0 Å². The molecule has 0 spiro atoms. The van der Waals surface area contributed by atoms with Crippen molar-refractivity contribution in [2.45, 2.75) is 45.6 Å². The van der Waals surface area contributed by atoms with Crippen LogP contribution in [0.1, 0.15) is 49.5 Å². The fourth-order valence-corrected chi connectivity index (χ4v) is 3.30. The molecule has 2 heterocycles. The lowest BCUT2D eigenvalue weighted by Gasteiger charge is -2.24. The first-order valence-electron chi connectivity index (χ1n) is 8.52. The van der Waals surface area contributed by atoms with Crippen LogP contribution >= 0.6 is 0 Å². The number of hydrogen-bond donors (Lipinski definition) is 0. The Morgan fingerprint density at radius 2 is 2.13 bits per heavy atom. The molecule has 5 nitrogen and oxygen atoms in total. The topological polar surface area (TPSA) is 51.4 Å². The summed E-state index contributed by atoms with van der Waals surface area (Å²) in [6.07, 6.45) is 4.40. The first-order chi connectivity index (χ1) is 11.3. The van der Waals surface area contributed by atoms with Crippen molar-refractivity contribution < 1.29 is 9.26 Å². The Morgan fingerprint density at radius 1 is 1.30 bits per heavy atom. The number of aryl methyl sites for hydroxylation is 2. The number of aromatic nitrogens is 2. The van der Waals surface area contributed by atoms with Crippen LogP contribution in [0.4, 0.5) is 0 Å². The van der Waals surface area contributed by atoms with Crippen LogP contribution in [0.3, 0.4) is 0 Å². The fourth-order valence-electron chi connectivity index (χ4n) is 3.30. The van der Waals surface area contributed by atoms with Crippen LogP contribution < -0.4 is 4.74 Å². The summed E-state index contributed by atoms with van der Waals surface area (Å²) >= 11 is 0. The summed E-state index contributed by atoms with van der Waals surface area (Å²) in [5, 5.41) is 3.84. The highest BCUT2D eigenvalue weighted by Gasteiger charge is 2.25. The molecule has 0 radical (unpaired) electrons. The molecule has 1 aliphatic rings. The van der Waals surface area contributed by atoms with E-state index in [1.807, 2.05) is 13.8 Å². The summed E-state index contributed by atoms with van der Waals surface area (Å²) in [6.45, 7) is 6.82. The van der Waals surface area contributed by atoms with Gasteiger partial charge in [-0.3, -0.25) is 4.90 Å². The van der Waals surface area contributed by atoms with Crippen LogP contribution in [-0.2, 0) is 6.42 Å². The monoisotopic (exact) mass is 315 g/mol. The summed E-state index contributed by atoms with van der Waals surface area (Å²) in [6, 6.07) is 9.09. The minimum atomic E-state index is 0.523. The maximum atomic E-state index is 5.53. The van der Waals surface area contributed by atoms with E-state index in [4.69, 9.17) is 9.26 Å². The highest BCUT2D eigenvalue weighted by molar-refractivity contribution is 5.29. The zero-order valence-corrected chi connectivity index (χ0v) is 14.0. The number of likely N-dealkylation sites (tertiary alicyclic amines) is 1. The van der Waals surface area contributed by atoms with E-state index in [9.17, 15) is 0 Å². The van der Waals surface area contributed by atoms with Crippen molar-refractivity contribution in [1.82, 2.24) is 15.0 Å². The van der Waals surface area contributed by atoms with Gasteiger partial charge in [0.1, 0.15) is 5.75 Å². The van der Waals surface area contributed by atoms with Gasteiger partial charge in [-0.05, 0) is 63.9 Å². The third kappa shape index (κ3) is 4.10. The SMILES string of the molecule is CCOc1ccc(C2CCCN2CCCc2nc(C)no2)cc1. The van der Waals surface area contributed by atoms with Crippen molar-refractivity contribution in [3.8, 4) is 5.75 Å². The number of nitrogens with zero attached hydrogens (tertiary/aromatic N) is 3. The van der Waals surface area contributed by atoms with Gasteiger partial charge in [-0.15, -0.1) is 0 Å². The Hall–Kier alpha value is -1.88. The van der Waals surface area contributed by atoms with E-state index in [2.05, 4.69) is 39.3 Å². The van der Waals surface area contributed by atoms with Gasteiger partial charge in [-0.1, -0.05) is 17.3 Å². The van der Waals surface area contributed by atoms with E-state index in [0.29, 0.717) is 18.5 Å². The second kappa shape index (κ2) is 7.59. The number of ether oxygens (including phenoxy) is 1. The number of rotatable bonds is 7. The van der Waals surface area contributed by atoms with E-state index < -0.39 is 0 Å². The van der Waals surface area contributed by atoms with Crippen LogP contribution in [0.5, 0.6) is 5.75 Å². The van der Waals surface area contributed by atoms with Gasteiger partial charge in [0, 0.05) is 12.5 Å². The molecule has 1 fully saturated rings. The molecule has 1 unspecified atom stereocenters. The van der Waals surface area contributed by atoms with Gasteiger partial charge < -0.3 is 9.26 Å². The lowest BCUT2D eigenvalue weighted by molar-refractivity contribution is 0.249. The second-order valence-corrected chi connectivity index (χ2v) is 6.03. The van der Waals surface area contributed by atoms with Crippen LogP contribution in [0.15, 0.2) is 28.8 Å². The van der Waals surface area contributed by atoms with Crippen LogP contribution in [0.25, 0.3) is 0 Å². The molecule has 0 N–H and O–H groups in total. The predicted molar refractivity (Wildman–Crippen MR) is 88.5 cm³/mol. The second-order valence-electron chi connectivity index (χ2n) is 6.03. The molecule has 0 bridgehead atoms. The van der Waals surface area contributed by atoms with Crippen molar-refractivity contribution in [3.05, 3.63) is 41.5 Å². The fraction of sp³-hybridized carbons (Fsp3) is 0.556. The highest BCUT2D eigenvalue weighted by Crippen LogP contribution is 2.32. The highest BCUT2D eigenvalue weighted by atomic mass is 16.5. The number of benzene rings is 1. The lowest BCUT2D eigenvalue weighted by atomic mass is 10.0. The van der Waals surface area contributed by atoms with Gasteiger partial charge in [-0.25, -0.2) is 0 Å². The van der Waals surface area contributed by atoms with Crippen LogP contribution in [0, 0.1) is 6.92 Å². The van der Waals surface area contributed by atoms with E-state index >= 15 is 0 Å². The lowest BCUT2D eigenvalue weighted by Crippen LogP contribution is -2.24. The molecule has 23 heavy (non-hydrogen) atoms. The van der Waals surface area contributed by atoms with E-state index in [1.54, 1.807) is 0 Å². The average molecular weight is 315 g/mol. The molecule has 5 heteroatoms. The first kappa shape index (κ1) is 16.0. The van der Waals surface area contributed by atoms with Gasteiger partial charge in [0.2, 0.25) is 5.89 Å². The molecule has 1 aromatic carbocycles. The van der Waals surface area contributed by atoms with E-state index in [0.717, 1.165) is 31.0 Å². The van der Waals surface area contributed by atoms with Gasteiger partial charge in [-0.2, -0.15) is 4.98 Å². The maximum absolute atomic E-state index is 5.53. The molecule has 1 saturated heterocycles. The summed E-state index contributed by atoms with van der Waals surface area (Å²) in [4.78, 5) is 6.84. The third-order valence-electron chi connectivity index (χ3n) is 4.35. The van der Waals surface area contributed by atoms with Crippen LogP contribution in [-0.4, -0.2) is 34.7 Å². The van der Waals surface area contributed by atoms with E-state index in [1.165, 1.54) is 24.9 Å². The Kier molecular flexibility index (Phi) is 5.28. The van der Waals surface area contributed by atoms with Crippen LogP contribution in [0.2, 0.25) is 0 Å². The largest absolute Gasteiger partial charge is 0.494 e. The van der Waals surface area contributed by atoms with Gasteiger partial charge >= 0.3 is 0 Å². The molecule has 1 aliphatic heterocycles. The normalized spacial score (nSPS) is 18.4. The van der Waals surface area contributed by atoms with E-state index in [-0.39, 0.29) is 0 Å². The van der Waals surface area contributed by atoms with Crippen molar-refractivity contribution in [2.24, 2.45) is 0 Å². The smallest absolute Gasteiger partial charge is 0.226 e. The molecule has 124 valence electrons. The first-order valence-corrected chi connectivity index (χ1v) is 8.52. The van der Waals surface area contributed by atoms with Crippen molar-refractivity contribution in [2.75, 3.05) is 19.7 Å². The minimum Gasteiger partial charge on any atom is -0.494 e. The molecule has 0 aliphatic carbocycles. The Labute approximate surface area is 137 Å². The Morgan fingerprint density at radius 3 is 2.83 bits per heavy atom. The molecular weight excluding hydrogens is 290 g/mol. The zero-order valence-electron chi connectivity index (χ0n) is 14.0. The maximum Gasteiger partial charge on any atom is 0.226 e. The Bertz CT molecular complexity index is 609. The van der Waals surface area contributed by atoms with Gasteiger partial charge in [0.05, 0.1) is 6.61 Å². The van der Waals surface area contributed by atoms with Crippen molar-refractivity contribution in [1.29, 1.82) is 0 Å². The number of hydrogen-bond acceptors (Lipinski definition) is 5. The molecular formula is C18H25N3O2. The zero-order chi connectivity index (χ0) is 16.1. The third-order valence-corrected chi connectivity index (χ3v) is 4.35. The molecule has 0 amide bonds. The van der Waals surface area contributed by atoms with Crippen molar-refractivity contribution in [3.63, 3.8) is 0 Å². The summed E-state index contributed by atoms with van der Waals surface area (Å²) in [7, 11) is 0. The molecule has 1 atom stereocenters. The predicted octanol–water partition coefficient (Wildman–Crippen LogP) is 3.55. The minimum absolute atomic E-state index is 0.523. The average Bonchev–Trinajstić information content (AvgIpc) is 3.18. The molecule has 0 saturated carbocycles. The van der Waals surface area contributed by atoms with Gasteiger partial charge in [0.25, 0.3) is 0 Å². The summed E-state index contributed by atoms with van der Waals surface area (Å²) in [5.74, 6) is 2.42. The summed E-state index contributed by atoms with van der Waals surface area (Å²) < 4.78 is 10.7. The standard InChI is InChI=1S/C18H25N3O2/c1-3-22-16-10-8-15(9-11-16)17-6-4-12-21(17)13-5-7-18-19-14(2)20-23-18/h8-11,17H,3-7,12-13H2,1-2H3. The Balaban J connectivity index is 1.54. The molecule has 2 aromatic rings. The van der Waals surface area contributed by atoms with Gasteiger partial charge in [0.15, 0.2) is 5.82 Å².